The zero-order chi connectivity index (χ0) is 57.0. The zero-order valence-corrected chi connectivity index (χ0v) is 49.3. The maximum Gasteiger partial charge on any atom is 0.246 e. The normalized spacial score (nSPS) is 15.4. The SMILES string of the molecule is Cl.NCCCC[C@@H](NC(=O)CN1C(=O)CSC1=S)C(=O)Nc1ccc(C(c2ccc(NC(=O)[C@@H](CCCCN)NC(=O)CN3C(=O)CSC3=S)cc2)c2ccc(NC(=O)[C@@H](CCCCN)NC(=O)CN3C(=O)CSC3=S)cc2)cc1. The van der Waals surface area contributed by atoms with Gasteiger partial charge in [-0.25, -0.2) is 0 Å². The molecule has 0 radical (unpaired) electrons. The van der Waals surface area contributed by atoms with E-state index in [2.05, 4.69) is 31.9 Å². The van der Waals surface area contributed by atoms with Crippen LogP contribution >= 0.6 is 84.3 Å². The second-order valence-electron chi connectivity index (χ2n) is 18.6. The Labute approximate surface area is 499 Å². The molecular formula is C52H65ClN12O9S6. The van der Waals surface area contributed by atoms with Crippen molar-refractivity contribution in [3.63, 3.8) is 0 Å². The molecule has 0 bridgehead atoms. The van der Waals surface area contributed by atoms with Gasteiger partial charge in [-0.3, -0.25) is 57.9 Å². The molecule has 430 valence electrons. The molecule has 3 aliphatic heterocycles. The first-order valence-corrected chi connectivity index (χ1v) is 29.8. The second kappa shape index (κ2) is 32.7. The molecule has 3 aromatic rings. The minimum Gasteiger partial charge on any atom is -0.343 e. The predicted molar refractivity (Wildman–Crippen MR) is 328 cm³/mol. The lowest BCUT2D eigenvalue weighted by Gasteiger charge is -2.23. The van der Waals surface area contributed by atoms with E-state index < -0.39 is 59.5 Å². The molecule has 3 fully saturated rings. The quantitative estimate of drug-likeness (QED) is 0.0262. The van der Waals surface area contributed by atoms with Crippen LogP contribution in [0.15, 0.2) is 72.8 Å². The van der Waals surface area contributed by atoms with Crippen molar-refractivity contribution in [1.82, 2.24) is 30.7 Å². The second-order valence-corrected chi connectivity index (χ2v) is 23.4. The highest BCUT2D eigenvalue weighted by Crippen LogP contribution is 2.34. The first-order chi connectivity index (χ1) is 38.0. The van der Waals surface area contributed by atoms with E-state index in [1.807, 2.05) is 36.4 Å². The maximum atomic E-state index is 13.8. The zero-order valence-electron chi connectivity index (χ0n) is 43.6. The number of amides is 9. The Bertz CT molecular complexity index is 2420. The number of nitrogens with two attached hydrogens (primary N) is 3. The first-order valence-electron chi connectivity index (χ1n) is 25.6. The Morgan fingerprint density at radius 1 is 0.438 bits per heavy atom. The lowest BCUT2D eigenvalue weighted by Crippen LogP contribution is -2.48. The van der Waals surface area contributed by atoms with Crippen LogP contribution in [0.4, 0.5) is 17.1 Å². The van der Waals surface area contributed by atoms with Gasteiger partial charge in [-0.05, 0) is 131 Å². The molecule has 3 heterocycles. The van der Waals surface area contributed by atoms with Crippen LogP contribution in [0.5, 0.6) is 0 Å². The van der Waals surface area contributed by atoms with Gasteiger partial charge in [-0.1, -0.05) is 108 Å². The number of carbonyl (C=O) groups is 9. The number of unbranched alkanes of at least 4 members (excludes halogenated alkanes) is 3. The van der Waals surface area contributed by atoms with Crippen LogP contribution in [0.25, 0.3) is 0 Å². The van der Waals surface area contributed by atoms with Crippen LogP contribution in [0.1, 0.15) is 80.4 Å². The monoisotopic (exact) mass is 1230 g/mol. The van der Waals surface area contributed by atoms with Crippen LogP contribution in [0, 0.1) is 0 Å². The van der Waals surface area contributed by atoms with Crippen molar-refractivity contribution < 1.29 is 43.2 Å². The number of nitrogens with one attached hydrogen (secondary N) is 6. The summed E-state index contributed by atoms with van der Waals surface area (Å²) in [6.07, 6.45) is 4.45. The predicted octanol–water partition coefficient (Wildman–Crippen LogP) is 3.53. The van der Waals surface area contributed by atoms with Crippen molar-refractivity contribution in [2.24, 2.45) is 17.2 Å². The molecule has 80 heavy (non-hydrogen) atoms. The Balaban J connectivity index is 0.0000118. The maximum absolute atomic E-state index is 13.8. The minimum atomic E-state index is -0.935. The number of halogens is 1. The van der Waals surface area contributed by atoms with Crippen molar-refractivity contribution in [2.45, 2.75) is 81.8 Å². The molecule has 28 heteroatoms. The van der Waals surface area contributed by atoms with Crippen molar-refractivity contribution in [1.29, 1.82) is 0 Å². The van der Waals surface area contributed by atoms with Gasteiger partial charge < -0.3 is 49.1 Å². The molecule has 0 aromatic heterocycles. The fraction of sp³-hybridized carbons (Fsp3) is 0.423. The molecule has 0 saturated carbocycles. The third kappa shape index (κ3) is 19.3. The Kier molecular flexibility index (Phi) is 26.7. The number of benzene rings is 3. The summed E-state index contributed by atoms with van der Waals surface area (Å²) in [6.45, 7) is 0.288. The number of nitrogens with zero attached hydrogens (tertiary/aromatic N) is 3. The standard InChI is InChI=1S/C52H64N12O9S6.ClH/c53-22-4-1-7-37(59-40(65)25-62-43(68)28-77-50(62)74)47(71)56-34-16-10-31(11-17-34)46(32-12-18-35(19-13-32)57-48(72)38(8-2-5-23-54)60-41(66)26-63-44(69)29-78-51(63)75)33-14-20-36(21-15-33)58-49(73)39(9-3-6-24-55)61-42(67)27-64-45(70)30-79-52(64)76;/h10-21,37-39,46H,1-9,22-30,53-55H2,(H,56,71)(H,57,72)(H,58,73)(H,59,65)(H,60,66)(H,61,67);1H/t37-,38-,39-;/m1./s1. The number of thioether (sulfide) groups is 3. The van der Waals surface area contributed by atoms with E-state index in [9.17, 15) is 43.2 Å². The number of rotatable bonds is 30. The number of hydrogen-bond acceptors (Lipinski definition) is 18. The Morgan fingerprint density at radius 3 is 0.900 bits per heavy atom. The molecule has 3 saturated heterocycles. The van der Waals surface area contributed by atoms with Crippen LogP contribution in [-0.2, 0) is 43.2 Å². The van der Waals surface area contributed by atoms with Gasteiger partial charge in [0.1, 0.15) is 50.7 Å². The third-order valence-corrected chi connectivity index (χ3v) is 17.1. The van der Waals surface area contributed by atoms with Crippen molar-refractivity contribution in [3.05, 3.63) is 89.5 Å². The van der Waals surface area contributed by atoms with E-state index in [1.54, 1.807) is 36.4 Å². The fourth-order valence-corrected chi connectivity index (χ4v) is 11.8. The molecule has 3 aliphatic rings. The summed E-state index contributed by atoms with van der Waals surface area (Å²) in [5.74, 6) is -3.84. The summed E-state index contributed by atoms with van der Waals surface area (Å²) in [5, 5.41) is 17.0. The number of carbonyl (C=O) groups excluding carboxylic acids is 9. The van der Waals surface area contributed by atoms with Crippen molar-refractivity contribution in [2.75, 3.05) is 72.5 Å². The average molecular weight is 1230 g/mol. The summed E-state index contributed by atoms with van der Waals surface area (Å²) >= 11 is 19.2. The van der Waals surface area contributed by atoms with Crippen LogP contribution in [0.3, 0.4) is 0 Å². The van der Waals surface area contributed by atoms with Crippen LogP contribution in [-0.4, -0.2) is 155 Å². The lowest BCUT2D eigenvalue weighted by molar-refractivity contribution is -0.131. The van der Waals surface area contributed by atoms with Gasteiger partial charge in [-0.15, -0.1) is 12.4 Å². The Hall–Kier alpha value is -5.62. The van der Waals surface area contributed by atoms with Crippen LogP contribution in [0.2, 0.25) is 0 Å². The molecule has 3 aromatic carbocycles. The third-order valence-electron chi connectivity index (χ3n) is 12.8. The highest BCUT2D eigenvalue weighted by molar-refractivity contribution is 8.24. The van der Waals surface area contributed by atoms with Gasteiger partial charge >= 0.3 is 0 Å². The van der Waals surface area contributed by atoms with Gasteiger partial charge in [0, 0.05) is 23.0 Å². The molecule has 12 N–H and O–H groups in total. The van der Waals surface area contributed by atoms with Gasteiger partial charge in [0.05, 0.1) is 17.3 Å². The Morgan fingerprint density at radius 2 is 0.688 bits per heavy atom. The van der Waals surface area contributed by atoms with Gasteiger partial charge in [0.25, 0.3) is 0 Å². The van der Waals surface area contributed by atoms with Gasteiger partial charge in [0.2, 0.25) is 53.2 Å². The average Bonchev–Trinajstić information content (AvgIpc) is 4.05. The van der Waals surface area contributed by atoms with E-state index in [0.29, 0.717) is 107 Å². The molecule has 21 nitrogen and oxygen atoms in total. The largest absolute Gasteiger partial charge is 0.343 e. The lowest BCUT2D eigenvalue weighted by atomic mass is 9.85. The molecule has 0 unspecified atom stereocenters. The van der Waals surface area contributed by atoms with E-state index in [0.717, 1.165) is 16.7 Å². The number of thiocarbonyl (C=S) groups is 3. The highest BCUT2D eigenvalue weighted by Gasteiger charge is 2.33. The number of anilines is 3. The fourth-order valence-electron chi connectivity index (χ4n) is 8.58. The van der Waals surface area contributed by atoms with Crippen molar-refractivity contribution in [3.8, 4) is 0 Å². The van der Waals surface area contributed by atoms with Gasteiger partial charge in [0.15, 0.2) is 0 Å². The van der Waals surface area contributed by atoms with Crippen molar-refractivity contribution >= 4 is 168 Å². The molecule has 6 rings (SSSR count). The first kappa shape index (κ1) is 65.2. The summed E-state index contributed by atoms with van der Waals surface area (Å²) in [6, 6.07) is 18.7. The topological polar surface area (TPSA) is 314 Å². The smallest absolute Gasteiger partial charge is 0.246 e. The molecule has 0 spiro atoms. The molecular weight excluding hydrogens is 1160 g/mol. The molecule has 0 aliphatic carbocycles. The molecule has 9 amide bonds. The summed E-state index contributed by atoms with van der Waals surface area (Å²) < 4.78 is 0.899. The summed E-state index contributed by atoms with van der Waals surface area (Å²) in [7, 11) is 0. The molecule has 3 atom stereocenters. The van der Waals surface area contributed by atoms with E-state index in [-0.39, 0.29) is 67.0 Å². The minimum absolute atomic E-state index is 0. The summed E-state index contributed by atoms with van der Waals surface area (Å²) in [4.78, 5) is 121. The number of hydrogen-bond donors (Lipinski definition) is 9. The highest BCUT2D eigenvalue weighted by atomic mass is 35.5. The van der Waals surface area contributed by atoms with E-state index in [1.165, 1.54) is 50.0 Å². The van der Waals surface area contributed by atoms with E-state index >= 15 is 0 Å². The van der Waals surface area contributed by atoms with Crippen LogP contribution < -0.4 is 49.1 Å². The van der Waals surface area contributed by atoms with Gasteiger partial charge in [-0.2, -0.15) is 0 Å². The summed E-state index contributed by atoms with van der Waals surface area (Å²) in [5.41, 5.74) is 20.9. The van der Waals surface area contributed by atoms with E-state index in [4.69, 9.17) is 53.9 Å².